The smallest absolute Gasteiger partial charge is 0.264 e. The van der Waals surface area contributed by atoms with Crippen LogP contribution in [0.5, 0.6) is 0 Å². The highest BCUT2D eigenvalue weighted by Crippen LogP contribution is 2.28. The fourth-order valence-corrected chi connectivity index (χ4v) is 6.62. The van der Waals surface area contributed by atoms with Crippen molar-refractivity contribution in [3.63, 3.8) is 0 Å². The summed E-state index contributed by atoms with van der Waals surface area (Å²) >= 11 is 3.46. The number of sulfonamides is 1. The van der Waals surface area contributed by atoms with Crippen molar-refractivity contribution < 1.29 is 18.0 Å². The summed E-state index contributed by atoms with van der Waals surface area (Å²) in [5, 5.41) is 3.06. The van der Waals surface area contributed by atoms with Crippen molar-refractivity contribution in [1.29, 1.82) is 0 Å². The van der Waals surface area contributed by atoms with Gasteiger partial charge in [-0.3, -0.25) is 13.9 Å². The molecule has 0 unspecified atom stereocenters. The minimum atomic E-state index is -4.13. The molecule has 44 heavy (non-hydrogen) atoms. The van der Waals surface area contributed by atoms with Gasteiger partial charge in [0.15, 0.2) is 0 Å². The summed E-state index contributed by atoms with van der Waals surface area (Å²) in [6.07, 6.45) is 0.988. The van der Waals surface area contributed by atoms with E-state index in [1.807, 2.05) is 87.5 Å². The molecule has 2 amide bonds. The van der Waals surface area contributed by atoms with E-state index in [2.05, 4.69) is 21.2 Å². The number of hydrogen-bond donors (Lipinski definition) is 1. The van der Waals surface area contributed by atoms with Crippen LogP contribution in [-0.2, 0) is 32.6 Å². The third-order valence-electron chi connectivity index (χ3n) is 7.53. The Bertz CT molecular complexity index is 1650. The van der Waals surface area contributed by atoms with Crippen molar-refractivity contribution >= 4 is 43.5 Å². The highest BCUT2D eigenvalue weighted by atomic mass is 79.9. The molecule has 0 spiro atoms. The monoisotopic (exact) mass is 675 g/mol. The highest BCUT2D eigenvalue weighted by Gasteiger charge is 2.35. The van der Waals surface area contributed by atoms with Crippen LogP contribution in [0.2, 0.25) is 0 Å². The molecule has 0 aliphatic heterocycles. The largest absolute Gasteiger partial charge is 0.352 e. The number of carbonyl (C=O) groups is 2. The number of nitrogens with zero attached hydrogens (tertiary/aromatic N) is 2. The van der Waals surface area contributed by atoms with Gasteiger partial charge >= 0.3 is 0 Å². The number of benzene rings is 4. The predicted octanol–water partition coefficient (Wildman–Crippen LogP) is 6.51. The number of nitrogens with one attached hydrogen (secondary N) is 1. The van der Waals surface area contributed by atoms with E-state index in [4.69, 9.17) is 0 Å². The minimum absolute atomic E-state index is 0.0749. The zero-order chi connectivity index (χ0) is 31.7. The molecule has 0 bridgehead atoms. The van der Waals surface area contributed by atoms with Crippen LogP contribution in [0.1, 0.15) is 37.0 Å². The maximum atomic E-state index is 14.5. The van der Waals surface area contributed by atoms with Gasteiger partial charge in [0.1, 0.15) is 12.6 Å². The van der Waals surface area contributed by atoms with Crippen LogP contribution in [0.25, 0.3) is 0 Å². The Morgan fingerprint density at radius 2 is 1.41 bits per heavy atom. The van der Waals surface area contributed by atoms with Gasteiger partial charge in [0.25, 0.3) is 10.0 Å². The molecule has 2 atom stereocenters. The second-order valence-corrected chi connectivity index (χ2v) is 13.6. The molecule has 9 heteroatoms. The number of para-hydroxylation sites is 1. The Morgan fingerprint density at radius 3 is 2.02 bits per heavy atom. The van der Waals surface area contributed by atoms with E-state index in [1.165, 1.54) is 17.0 Å². The Balaban J connectivity index is 1.81. The number of aryl methyl sites for hydroxylation is 1. The predicted molar refractivity (Wildman–Crippen MR) is 179 cm³/mol. The van der Waals surface area contributed by atoms with Crippen LogP contribution >= 0.6 is 15.9 Å². The second kappa shape index (κ2) is 15.2. The highest BCUT2D eigenvalue weighted by molar-refractivity contribution is 9.10. The molecule has 0 saturated carbocycles. The molecule has 0 aromatic heterocycles. The summed E-state index contributed by atoms with van der Waals surface area (Å²) in [6, 6.07) is 31.2. The lowest BCUT2D eigenvalue weighted by Crippen LogP contribution is -2.54. The summed E-state index contributed by atoms with van der Waals surface area (Å²) in [5.74, 6) is -0.780. The van der Waals surface area contributed by atoms with Gasteiger partial charge in [-0.05, 0) is 67.3 Å². The fourth-order valence-electron chi connectivity index (χ4n) is 4.86. The zero-order valence-corrected chi connectivity index (χ0v) is 27.6. The van der Waals surface area contributed by atoms with E-state index in [1.54, 1.807) is 30.3 Å². The van der Waals surface area contributed by atoms with Crippen LogP contribution in [0.4, 0.5) is 5.69 Å². The average molecular weight is 677 g/mol. The second-order valence-electron chi connectivity index (χ2n) is 10.8. The van der Waals surface area contributed by atoms with Crippen LogP contribution < -0.4 is 9.62 Å². The lowest BCUT2D eigenvalue weighted by atomic mass is 10.0. The Kier molecular flexibility index (Phi) is 11.4. The summed E-state index contributed by atoms with van der Waals surface area (Å²) in [6.45, 7) is 5.34. The van der Waals surface area contributed by atoms with Crippen molar-refractivity contribution in [3.05, 3.63) is 130 Å². The standard InChI is InChI=1S/C35H38BrN3O4S/c1-4-27(3)37-35(41)33(23-28-14-7-5-8-15-28)38(24-29-19-21-30(36)22-20-29)34(40)25-39(32-18-12-11-13-26(32)2)44(42,43)31-16-9-6-10-17-31/h5-22,27,33H,4,23-25H2,1-3H3,(H,37,41)/t27-,33+/m1/s1. The Morgan fingerprint density at radius 1 is 0.818 bits per heavy atom. The first kappa shape index (κ1) is 33.0. The SMILES string of the molecule is CC[C@@H](C)NC(=O)[C@H](Cc1ccccc1)N(Cc1ccc(Br)cc1)C(=O)CN(c1ccccc1C)S(=O)(=O)c1ccccc1. The van der Waals surface area contributed by atoms with Gasteiger partial charge in [0.05, 0.1) is 10.6 Å². The van der Waals surface area contributed by atoms with Crippen LogP contribution in [0.3, 0.4) is 0 Å². The number of amides is 2. The molecule has 4 aromatic rings. The third kappa shape index (κ3) is 8.36. The van der Waals surface area contributed by atoms with E-state index in [-0.39, 0.29) is 29.8 Å². The van der Waals surface area contributed by atoms with E-state index < -0.39 is 28.5 Å². The lowest BCUT2D eigenvalue weighted by molar-refractivity contribution is -0.140. The van der Waals surface area contributed by atoms with Crippen LogP contribution in [0, 0.1) is 6.92 Å². The molecule has 0 aliphatic carbocycles. The molecule has 1 N–H and O–H groups in total. The fraction of sp³-hybridized carbons (Fsp3) is 0.257. The number of carbonyl (C=O) groups excluding carboxylic acids is 2. The molecule has 4 rings (SSSR count). The minimum Gasteiger partial charge on any atom is -0.352 e. The molecule has 4 aromatic carbocycles. The maximum absolute atomic E-state index is 14.5. The first-order chi connectivity index (χ1) is 21.1. The van der Waals surface area contributed by atoms with Gasteiger partial charge in [0, 0.05) is 23.5 Å². The molecular formula is C35H38BrN3O4S. The van der Waals surface area contributed by atoms with Crippen LogP contribution in [-0.4, -0.2) is 43.8 Å². The normalized spacial score (nSPS) is 12.6. The zero-order valence-electron chi connectivity index (χ0n) is 25.2. The quantitative estimate of drug-likeness (QED) is 0.175. The Hall–Kier alpha value is -3.95. The average Bonchev–Trinajstić information content (AvgIpc) is 3.03. The summed E-state index contributed by atoms with van der Waals surface area (Å²) in [5.41, 5.74) is 2.80. The van der Waals surface area contributed by atoms with Gasteiger partial charge in [-0.2, -0.15) is 0 Å². The topological polar surface area (TPSA) is 86.8 Å². The van der Waals surface area contributed by atoms with Gasteiger partial charge in [-0.15, -0.1) is 0 Å². The Labute approximate surface area is 269 Å². The van der Waals surface area contributed by atoms with E-state index in [9.17, 15) is 18.0 Å². The molecular weight excluding hydrogens is 638 g/mol. The van der Waals surface area contributed by atoms with Crippen molar-refractivity contribution in [2.45, 2.75) is 57.1 Å². The van der Waals surface area contributed by atoms with Gasteiger partial charge in [0.2, 0.25) is 11.8 Å². The van der Waals surface area contributed by atoms with Gasteiger partial charge < -0.3 is 10.2 Å². The van der Waals surface area contributed by atoms with E-state index in [0.717, 1.165) is 26.3 Å². The number of anilines is 1. The van der Waals surface area contributed by atoms with Crippen molar-refractivity contribution in [2.24, 2.45) is 0 Å². The summed E-state index contributed by atoms with van der Waals surface area (Å²) in [7, 11) is -4.13. The lowest BCUT2D eigenvalue weighted by Gasteiger charge is -2.34. The molecule has 0 saturated heterocycles. The van der Waals surface area contributed by atoms with Crippen LogP contribution in [0.15, 0.2) is 119 Å². The summed E-state index contributed by atoms with van der Waals surface area (Å²) in [4.78, 5) is 30.0. The van der Waals surface area contributed by atoms with Crippen molar-refractivity contribution in [1.82, 2.24) is 10.2 Å². The van der Waals surface area contributed by atoms with Gasteiger partial charge in [-0.1, -0.05) is 102 Å². The molecule has 0 heterocycles. The summed E-state index contributed by atoms with van der Waals surface area (Å²) < 4.78 is 30.2. The third-order valence-corrected chi connectivity index (χ3v) is 9.84. The molecule has 7 nitrogen and oxygen atoms in total. The molecule has 0 fully saturated rings. The number of rotatable bonds is 13. The van der Waals surface area contributed by atoms with E-state index in [0.29, 0.717) is 11.3 Å². The van der Waals surface area contributed by atoms with Gasteiger partial charge in [-0.25, -0.2) is 8.42 Å². The molecule has 0 radical (unpaired) electrons. The number of hydrogen-bond acceptors (Lipinski definition) is 4. The molecule has 0 aliphatic rings. The first-order valence-corrected chi connectivity index (χ1v) is 16.8. The first-order valence-electron chi connectivity index (χ1n) is 14.6. The van der Waals surface area contributed by atoms with Crippen molar-refractivity contribution in [3.8, 4) is 0 Å². The maximum Gasteiger partial charge on any atom is 0.264 e. The molecule has 230 valence electrons. The number of halogens is 1. The van der Waals surface area contributed by atoms with E-state index >= 15 is 0 Å². The van der Waals surface area contributed by atoms with Crippen molar-refractivity contribution in [2.75, 3.05) is 10.8 Å².